The molecule has 1 fully saturated rings. The van der Waals surface area contributed by atoms with Crippen molar-refractivity contribution in [2.24, 2.45) is 5.92 Å². The van der Waals surface area contributed by atoms with Gasteiger partial charge in [-0.3, -0.25) is 0 Å². The lowest BCUT2D eigenvalue weighted by Crippen LogP contribution is -2.26. The number of nitrogens with one attached hydrogen (secondary N) is 1. The van der Waals surface area contributed by atoms with Crippen molar-refractivity contribution in [2.75, 3.05) is 20.3 Å². The maximum atomic E-state index is 5.17. The van der Waals surface area contributed by atoms with Gasteiger partial charge in [0.05, 0.1) is 0 Å². The minimum Gasteiger partial charge on any atom is -0.385 e. The quantitative estimate of drug-likeness (QED) is 0.697. The Hall–Kier alpha value is -0.380. The first kappa shape index (κ1) is 15.0. The highest BCUT2D eigenvalue weighted by atomic mass is 79.9. The summed E-state index contributed by atoms with van der Waals surface area (Å²) in [5.74, 6) is 0.703. The van der Waals surface area contributed by atoms with Gasteiger partial charge in [-0.15, -0.1) is 0 Å². The number of hydrogen-bond acceptors (Lipinski definition) is 2. The number of benzene rings is 1. The molecule has 3 heteroatoms. The van der Waals surface area contributed by atoms with Crippen molar-refractivity contribution >= 4 is 15.9 Å². The minimum atomic E-state index is 0.703. The van der Waals surface area contributed by atoms with E-state index in [2.05, 4.69) is 45.5 Å². The smallest absolute Gasteiger partial charge is 0.0462 e. The molecule has 1 aliphatic rings. The fraction of sp³-hybridized carbons (Fsp3) is 0.625. The van der Waals surface area contributed by atoms with Crippen LogP contribution in [0.3, 0.4) is 0 Å². The second kappa shape index (κ2) is 8.03. The van der Waals surface area contributed by atoms with Gasteiger partial charge >= 0.3 is 0 Å². The molecule has 0 heterocycles. The first-order chi connectivity index (χ1) is 9.29. The van der Waals surface area contributed by atoms with Crippen LogP contribution in [0.15, 0.2) is 28.7 Å². The molecule has 0 aromatic heterocycles. The van der Waals surface area contributed by atoms with Crippen molar-refractivity contribution in [1.82, 2.24) is 5.32 Å². The Morgan fingerprint density at radius 3 is 2.84 bits per heavy atom. The highest BCUT2D eigenvalue weighted by Crippen LogP contribution is 2.23. The number of methoxy groups -OCH3 is 1. The van der Waals surface area contributed by atoms with E-state index in [4.69, 9.17) is 4.74 Å². The van der Waals surface area contributed by atoms with E-state index in [0.717, 1.165) is 32.0 Å². The van der Waals surface area contributed by atoms with Crippen molar-refractivity contribution in [2.45, 2.75) is 38.1 Å². The fourth-order valence-electron chi connectivity index (χ4n) is 2.39. The molecule has 0 bridgehead atoms. The average molecular weight is 326 g/mol. The summed E-state index contributed by atoms with van der Waals surface area (Å²) in [6.45, 7) is 2.01. The van der Waals surface area contributed by atoms with E-state index in [0.29, 0.717) is 5.92 Å². The minimum absolute atomic E-state index is 0.703. The largest absolute Gasteiger partial charge is 0.385 e. The third-order valence-corrected chi connectivity index (χ3v) is 4.47. The summed E-state index contributed by atoms with van der Waals surface area (Å²) in [5, 5.41) is 3.67. The van der Waals surface area contributed by atoms with Crippen molar-refractivity contribution in [3.05, 3.63) is 34.3 Å². The van der Waals surface area contributed by atoms with E-state index in [1.54, 1.807) is 7.11 Å². The molecule has 1 saturated carbocycles. The zero-order chi connectivity index (χ0) is 13.5. The highest BCUT2D eigenvalue weighted by molar-refractivity contribution is 9.10. The summed E-state index contributed by atoms with van der Waals surface area (Å²) in [7, 11) is 1.78. The molecule has 1 unspecified atom stereocenters. The van der Waals surface area contributed by atoms with E-state index in [1.165, 1.54) is 29.3 Å². The third kappa shape index (κ3) is 5.64. The number of hydrogen-bond donors (Lipinski definition) is 1. The van der Waals surface area contributed by atoms with Crippen molar-refractivity contribution in [3.63, 3.8) is 0 Å². The van der Waals surface area contributed by atoms with Crippen LogP contribution in [-0.4, -0.2) is 26.3 Å². The number of ether oxygens (including phenoxy) is 1. The summed E-state index contributed by atoms with van der Waals surface area (Å²) in [6, 6.07) is 9.36. The number of rotatable bonds is 9. The number of halogens is 1. The predicted molar refractivity (Wildman–Crippen MR) is 83.5 cm³/mol. The van der Waals surface area contributed by atoms with Gasteiger partial charge in [-0.1, -0.05) is 34.1 Å². The van der Waals surface area contributed by atoms with Gasteiger partial charge in [-0.25, -0.2) is 0 Å². The lowest BCUT2D eigenvalue weighted by molar-refractivity contribution is 0.186. The Bertz CT molecular complexity index is 379. The van der Waals surface area contributed by atoms with Gasteiger partial charge in [-0.2, -0.15) is 0 Å². The molecule has 0 radical (unpaired) electrons. The van der Waals surface area contributed by atoms with Gasteiger partial charge in [0.15, 0.2) is 0 Å². The predicted octanol–water partition coefficient (Wildman–Crippen LogP) is 3.79. The molecule has 1 aliphatic carbocycles. The van der Waals surface area contributed by atoms with Crippen LogP contribution in [-0.2, 0) is 11.2 Å². The van der Waals surface area contributed by atoms with Gasteiger partial charge in [0.2, 0.25) is 0 Å². The van der Waals surface area contributed by atoms with Crippen LogP contribution >= 0.6 is 15.9 Å². The maximum Gasteiger partial charge on any atom is 0.0462 e. The standard InChI is InChI=1S/C16H24BrNO/c1-19-10-4-5-13(12-18-15-8-9-15)11-14-6-2-3-7-16(14)17/h2-3,6-7,13,15,18H,4-5,8-12H2,1H3. The Morgan fingerprint density at radius 2 is 2.16 bits per heavy atom. The monoisotopic (exact) mass is 325 g/mol. The lowest BCUT2D eigenvalue weighted by atomic mass is 9.94. The molecular weight excluding hydrogens is 302 g/mol. The molecular formula is C16H24BrNO. The summed E-state index contributed by atoms with van der Waals surface area (Å²) < 4.78 is 6.41. The van der Waals surface area contributed by atoms with E-state index in [9.17, 15) is 0 Å². The van der Waals surface area contributed by atoms with Crippen LogP contribution < -0.4 is 5.32 Å². The molecule has 0 aliphatic heterocycles. The van der Waals surface area contributed by atoms with Gasteiger partial charge in [-0.05, 0) is 56.2 Å². The van der Waals surface area contributed by atoms with E-state index < -0.39 is 0 Å². The zero-order valence-electron chi connectivity index (χ0n) is 11.7. The molecule has 0 amide bonds. The zero-order valence-corrected chi connectivity index (χ0v) is 13.3. The first-order valence-corrected chi connectivity index (χ1v) is 8.04. The second-order valence-electron chi connectivity index (χ2n) is 5.48. The fourth-order valence-corrected chi connectivity index (χ4v) is 2.84. The molecule has 19 heavy (non-hydrogen) atoms. The molecule has 1 aromatic carbocycles. The average Bonchev–Trinajstić information content (AvgIpc) is 3.22. The Kier molecular flexibility index (Phi) is 6.35. The topological polar surface area (TPSA) is 21.3 Å². The van der Waals surface area contributed by atoms with Crippen molar-refractivity contribution in [1.29, 1.82) is 0 Å². The van der Waals surface area contributed by atoms with Crippen LogP contribution in [0.25, 0.3) is 0 Å². The van der Waals surface area contributed by atoms with Crippen LogP contribution in [0, 0.1) is 5.92 Å². The van der Waals surface area contributed by atoms with E-state index in [-0.39, 0.29) is 0 Å². The SMILES string of the molecule is COCCCC(CNC1CC1)Cc1ccccc1Br. The molecule has 2 nitrogen and oxygen atoms in total. The van der Waals surface area contributed by atoms with Crippen molar-refractivity contribution < 1.29 is 4.74 Å². The summed E-state index contributed by atoms with van der Waals surface area (Å²) in [5.41, 5.74) is 1.42. The maximum absolute atomic E-state index is 5.17. The van der Waals surface area contributed by atoms with Crippen molar-refractivity contribution in [3.8, 4) is 0 Å². The Labute approximate surface area is 125 Å². The van der Waals surface area contributed by atoms with E-state index in [1.807, 2.05) is 0 Å². The molecule has 106 valence electrons. The summed E-state index contributed by atoms with van der Waals surface area (Å²) in [6.07, 6.45) is 6.25. The normalized spacial score (nSPS) is 16.5. The van der Waals surface area contributed by atoms with Crippen LogP contribution in [0.5, 0.6) is 0 Å². The lowest BCUT2D eigenvalue weighted by Gasteiger charge is -2.18. The van der Waals surface area contributed by atoms with E-state index >= 15 is 0 Å². The van der Waals surface area contributed by atoms with Gasteiger partial charge in [0, 0.05) is 24.2 Å². The summed E-state index contributed by atoms with van der Waals surface area (Å²) in [4.78, 5) is 0. The molecule has 0 saturated heterocycles. The summed E-state index contributed by atoms with van der Waals surface area (Å²) >= 11 is 3.65. The van der Waals surface area contributed by atoms with Crippen LogP contribution in [0.2, 0.25) is 0 Å². The Morgan fingerprint density at radius 1 is 1.37 bits per heavy atom. The Balaban J connectivity index is 1.85. The first-order valence-electron chi connectivity index (χ1n) is 7.25. The van der Waals surface area contributed by atoms with Crippen LogP contribution in [0.4, 0.5) is 0 Å². The molecule has 1 N–H and O–H groups in total. The molecule has 1 aromatic rings. The second-order valence-corrected chi connectivity index (χ2v) is 6.33. The van der Waals surface area contributed by atoms with Crippen LogP contribution in [0.1, 0.15) is 31.2 Å². The molecule has 0 spiro atoms. The molecule has 1 atom stereocenters. The van der Waals surface area contributed by atoms with Gasteiger partial charge in [0.25, 0.3) is 0 Å². The third-order valence-electron chi connectivity index (χ3n) is 3.70. The molecule has 2 rings (SSSR count). The highest BCUT2D eigenvalue weighted by Gasteiger charge is 2.22. The van der Waals surface area contributed by atoms with Gasteiger partial charge in [0.1, 0.15) is 0 Å². The van der Waals surface area contributed by atoms with Gasteiger partial charge < -0.3 is 10.1 Å².